The van der Waals surface area contributed by atoms with Crippen LogP contribution in [0.25, 0.3) is 11.4 Å². The first-order valence-electron chi connectivity index (χ1n) is 9.43. The summed E-state index contributed by atoms with van der Waals surface area (Å²) in [7, 11) is 0. The summed E-state index contributed by atoms with van der Waals surface area (Å²) >= 11 is 0. The van der Waals surface area contributed by atoms with Gasteiger partial charge in [-0.1, -0.05) is 19.3 Å². The second kappa shape index (κ2) is 6.98. The highest BCUT2D eigenvalue weighted by atomic mass is 16.2. The minimum atomic E-state index is 0.289. The van der Waals surface area contributed by atoms with Crippen LogP contribution in [0, 0.1) is 18.8 Å². The van der Waals surface area contributed by atoms with Crippen LogP contribution in [0.1, 0.15) is 37.8 Å². The van der Waals surface area contributed by atoms with E-state index in [0.717, 1.165) is 43.9 Å². The van der Waals surface area contributed by atoms with E-state index >= 15 is 0 Å². The van der Waals surface area contributed by atoms with Crippen molar-refractivity contribution in [2.75, 3.05) is 13.1 Å². The highest BCUT2D eigenvalue weighted by molar-refractivity contribution is 5.79. The van der Waals surface area contributed by atoms with E-state index in [1.807, 2.05) is 18.3 Å². The smallest absolute Gasteiger partial charge is 0.225 e. The van der Waals surface area contributed by atoms with Gasteiger partial charge >= 0.3 is 0 Å². The lowest BCUT2D eigenvalue weighted by molar-refractivity contribution is -0.143. The summed E-state index contributed by atoms with van der Waals surface area (Å²) in [5.41, 5.74) is 2.27. The molecule has 0 aromatic carbocycles. The molecule has 132 valence electrons. The van der Waals surface area contributed by atoms with Crippen molar-refractivity contribution >= 4 is 5.91 Å². The average Bonchev–Trinajstić information content (AvgIpc) is 2.99. The lowest BCUT2D eigenvalue weighted by Crippen LogP contribution is -2.53. The van der Waals surface area contributed by atoms with Crippen LogP contribution in [0.2, 0.25) is 0 Å². The quantitative estimate of drug-likeness (QED) is 0.859. The summed E-state index contributed by atoms with van der Waals surface area (Å²) in [5, 5.41) is 0. The van der Waals surface area contributed by atoms with Crippen molar-refractivity contribution in [3.63, 3.8) is 0 Å². The number of likely N-dealkylation sites (tertiary alicyclic amines) is 1. The van der Waals surface area contributed by atoms with E-state index in [9.17, 15) is 4.79 Å². The number of carbonyl (C=O) groups is 1. The van der Waals surface area contributed by atoms with E-state index in [2.05, 4.69) is 26.4 Å². The summed E-state index contributed by atoms with van der Waals surface area (Å²) < 4.78 is 2.28. The van der Waals surface area contributed by atoms with Crippen molar-refractivity contribution in [1.82, 2.24) is 19.4 Å². The molecule has 2 fully saturated rings. The van der Waals surface area contributed by atoms with Gasteiger partial charge < -0.3 is 9.47 Å². The fourth-order valence-corrected chi connectivity index (χ4v) is 4.15. The van der Waals surface area contributed by atoms with Crippen molar-refractivity contribution in [2.45, 2.75) is 45.6 Å². The molecule has 4 rings (SSSR count). The Kier molecular flexibility index (Phi) is 4.55. The maximum Gasteiger partial charge on any atom is 0.225 e. The molecule has 2 aromatic heterocycles. The van der Waals surface area contributed by atoms with Crippen LogP contribution in [0.15, 0.2) is 30.7 Å². The summed E-state index contributed by atoms with van der Waals surface area (Å²) in [6, 6.07) is 4.00. The number of hydrogen-bond acceptors (Lipinski definition) is 3. The fourth-order valence-electron chi connectivity index (χ4n) is 4.15. The van der Waals surface area contributed by atoms with E-state index in [0.29, 0.717) is 11.8 Å². The molecule has 2 aromatic rings. The number of hydrogen-bond donors (Lipinski definition) is 0. The van der Waals surface area contributed by atoms with Gasteiger partial charge in [-0.2, -0.15) is 0 Å². The number of aromatic nitrogens is 3. The summed E-state index contributed by atoms with van der Waals surface area (Å²) in [6.07, 6.45) is 11.5. The first-order valence-corrected chi connectivity index (χ1v) is 9.43. The summed E-state index contributed by atoms with van der Waals surface area (Å²) in [5.74, 6) is 2.21. The topological polar surface area (TPSA) is 51.0 Å². The van der Waals surface area contributed by atoms with Crippen LogP contribution in [-0.2, 0) is 11.3 Å². The second-order valence-electron chi connectivity index (χ2n) is 7.51. The molecule has 3 heterocycles. The standard InChI is InChI=1S/C20H26N4O/c1-15-11-22-19(17-7-9-21-10-8-17)24(15)14-16-12-23(13-16)20(25)18-5-3-2-4-6-18/h7-11,16,18H,2-6,12-14H2,1H3. The van der Waals surface area contributed by atoms with Crippen LogP contribution < -0.4 is 0 Å². The van der Waals surface area contributed by atoms with Gasteiger partial charge in [0.25, 0.3) is 0 Å². The third kappa shape index (κ3) is 3.32. The largest absolute Gasteiger partial charge is 0.342 e. The average molecular weight is 338 g/mol. The zero-order chi connectivity index (χ0) is 17.2. The molecule has 0 N–H and O–H groups in total. The molecule has 1 saturated carbocycles. The molecule has 0 bridgehead atoms. The van der Waals surface area contributed by atoms with Gasteiger partial charge in [0.15, 0.2) is 0 Å². The Morgan fingerprint density at radius 1 is 1.16 bits per heavy atom. The SMILES string of the molecule is Cc1cnc(-c2ccncc2)n1CC1CN(C(=O)C2CCCCC2)C1. The van der Waals surface area contributed by atoms with Crippen molar-refractivity contribution < 1.29 is 4.79 Å². The molecule has 0 spiro atoms. The molecular formula is C20H26N4O. The molecule has 1 saturated heterocycles. The lowest BCUT2D eigenvalue weighted by Gasteiger charge is -2.42. The third-order valence-corrected chi connectivity index (χ3v) is 5.66. The van der Waals surface area contributed by atoms with Gasteiger partial charge in [-0.15, -0.1) is 0 Å². The van der Waals surface area contributed by atoms with Crippen molar-refractivity contribution in [2.24, 2.45) is 11.8 Å². The molecule has 1 amide bonds. The normalized spacial score (nSPS) is 19.0. The Morgan fingerprint density at radius 3 is 2.60 bits per heavy atom. The zero-order valence-electron chi connectivity index (χ0n) is 14.9. The maximum absolute atomic E-state index is 12.6. The monoisotopic (exact) mass is 338 g/mol. The number of nitrogens with zero attached hydrogens (tertiary/aromatic N) is 4. The zero-order valence-corrected chi connectivity index (χ0v) is 14.9. The van der Waals surface area contributed by atoms with Crippen LogP contribution in [0.3, 0.4) is 0 Å². The number of imidazole rings is 1. The van der Waals surface area contributed by atoms with Gasteiger partial charge in [-0.25, -0.2) is 4.98 Å². The first-order chi connectivity index (χ1) is 12.2. The summed E-state index contributed by atoms with van der Waals surface area (Å²) in [4.78, 5) is 23.3. The van der Waals surface area contributed by atoms with Crippen molar-refractivity contribution in [3.05, 3.63) is 36.4 Å². The molecular weight excluding hydrogens is 312 g/mol. The van der Waals surface area contributed by atoms with E-state index in [1.165, 1.54) is 25.0 Å². The Bertz CT molecular complexity index is 727. The second-order valence-corrected chi connectivity index (χ2v) is 7.51. The third-order valence-electron chi connectivity index (χ3n) is 5.66. The molecule has 25 heavy (non-hydrogen) atoms. The highest BCUT2D eigenvalue weighted by Gasteiger charge is 2.35. The molecule has 2 aliphatic rings. The molecule has 0 atom stereocenters. The predicted molar refractivity (Wildman–Crippen MR) is 96.8 cm³/mol. The van der Waals surface area contributed by atoms with Gasteiger partial charge in [0, 0.05) is 61.3 Å². The number of aryl methyl sites for hydroxylation is 1. The van der Waals surface area contributed by atoms with Crippen molar-refractivity contribution in [3.8, 4) is 11.4 Å². The molecule has 5 nitrogen and oxygen atoms in total. The van der Waals surface area contributed by atoms with E-state index in [-0.39, 0.29) is 5.92 Å². The molecule has 5 heteroatoms. The Morgan fingerprint density at radius 2 is 1.88 bits per heavy atom. The van der Waals surface area contributed by atoms with Crippen LogP contribution in [0.4, 0.5) is 0 Å². The minimum Gasteiger partial charge on any atom is -0.342 e. The molecule has 0 radical (unpaired) electrons. The van der Waals surface area contributed by atoms with E-state index in [1.54, 1.807) is 12.4 Å². The Balaban J connectivity index is 1.38. The van der Waals surface area contributed by atoms with Crippen molar-refractivity contribution in [1.29, 1.82) is 0 Å². The predicted octanol–water partition coefficient (Wildman–Crippen LogP) is 3.29. The van der Waals surface area contributed by atoms with Crippen LogP contribution in [0.5, 0.6) is 0 Å². The van der Waals surface area contributed by atoms with Crippen LogP contribution >= 0.6 is 0 Å². The van der Waals surface area contributed by atoms with Gasteiger partial charge in [0.1, 0.15) is 5.82 Å². The maximum atomic E-state index is 12.6. The Labute approximate surface area is 149 Å². The van der Waals surface area contributed by atoms with E-state index in [4.69, 9.17) is 0 Å². The van der Waals surface area contributed by atoms with Gasteiger partial charge in [0.2, 0.25) is 5.91 Å². The number of pyridine rings is 1. The number of rotatable bonds is 4. The lowest BCUT2D eigenvalue weighted by atomic mass is 9.86. The highest BCUT2D eigenvalue weighted by Crippen LogP contribution is 2.29. The number of amides is 1. The first kappa shape index (κ1) is 16.3. The number of carbonyl (C=O) groups excluding carboxylic acids is 1. The minimum absolute atomic E-state index is 0.289. The fraction of sp³-hybridized carbons (Fsp3) is 0.550. The molecule has 1 aliphatic heterocycles. The Hall–Kier alpha value is -2.17. The summed E-state index contributed by atoms with van der Waals surface area (Å²) in [6.45, 7) is 4.81. The van der Waals surface area contributed by atoms with Gasteiger partial charge in [0.05, 0.1) is 0 Å². The van der Waals surface area contributed by atoms with Crippen LogP contribution in [-0.4, -0.2) is 38.4 Å². The molecule has 0 unspecified atom stereocenters. The van der Waals surface area contributed by atoms with E-state index < -0.39 is 0 Å². The van der Waals surface area contributed by atoms with Gasteiger partial charge in [-0.05, 0) is 31.9 Å². The molecule has 1 aliphatic carbocycles. The van der Waals surface area contributed by atoms with Gasteiger partial charge in [-0.3, -0.25) is 9.78 Å².